The minimum Gasteiger partial charge on any atom is -0.488 e. The van der Waals surface area contributed by atoms with Gasteiger partial charge in [0.2, 0.25) is 0 Å². The van der Waals surface area contributed by atoms with E-state index in [9.17, 15) is 4.79 Å². The van der Waals surface area contributed by atoms with Gasteiger partial charge in [-0.25, -0.2) is 0 Å². The molecule has 0 saturated heterocycles. The molecule has 3 heteroatoms. The molecular formula is C17H12O3. The third-order valence-corrected chi connectivity index (χ3v) is 3.66. The average molecular weight is 264 g/mol. The van der Waals surface area contributed by atoms with Crippen molar-refractivity contribution < 1.29 is 14.3 Å². The predicted octanol–water partition coefficient (Wildman–Crippen LogP) is 3.02. The second-order valence-electron chi connectivity index (χ2n) is 4.89. The highest BCUT2D eigenvalue weighted by Crippen LogP contribution is 2.41. The molecule has 20 heavy (non-hydrogen) atoms. The summed E-state index contributed by atoms with van der Waals surface area (Å²) in [5.41, 5.74) is 4.17. The van der Waals surface area contributed by atoms with Gasteiger partial charge in [0.1, 0.15) is 18.1 Å². The van der Waals surface area contributed by atoms with Gasteiger partial charge in [0.05, 0.1) is 0 Å². The van der Waals surface area contributed by atoms with E-state index in [1.165, 1.54) is 0 Å². The van der Waals surface area contributed by atoms with Crippen LogP contribution in [0.3, 0.4) is 0 Å². The summed E-state index contributed by atoms with van der Waals surface area (Å²) in [6.45, 7) is 0.593. The number of aldehydes is 1. The molecule has 0 bridgehead atoms. The molecular weight excluding hydrogens is 252 g/mol. The van der Waals surface area contributed by atoms with Crippen LogP contribution in [-0.4, -0.2) is 12.9 Å². The first-order valence-corrected chi connectivity index (χ1v) is 6.58. The average Bonchev–Trinajstić information content (AvgIpc) is 2.77. The summed E-state index contributed by atoms with van der Waals surface area (Å²) >= 11 is 0. The molecule has 2 heterocycles. The highest BCUT2D eigenvalue weighted by Gasteiger charge is 2.29. The summed E-state index contributed by atoms with van der Waals surface area (Å²) < 4.78 is 11.5. The van der Waals surface area contributed by atoms with E-state index in [2.05, 4.69) is 24.3 Å². The zero-order chi connectivity index (χ0) is 13.5. The van der Waals surface area contributed by atoms with Crippen molar-refractivity contribution in [2.24, 2.45) is 0 Å². The molecule has 0 amide bonds. The fraction of sp³-hybridized carbons (Fsp3) is 0.118. The molecule has 0 spiro atoms. The van der Waals surface area contributed by atoms with Crippen molar-refractivity contribution in [1.29, 1.82) is 0 Å². The molecule has 0 atom stereocenters. The Kier molecular flexibility index (Phi) is 2.39. The van der Waals surface area contributed by atoms with E-state index in [0.29, 0.717) is 12.4 Å². The van der Waals surface area contributed by atoms with Crippen molar-refractivity contribution >= 4 is 6.29 Å². The predicted molar refractivity (Wildman–Crippen MR) is 74.3 cm³/mol. The normalized spacial score (nSPS) is 22.7. The molecule has 4 aliphatic rings. The van der Waals surface area contributed by atoms with Crippen molar-refractivity contribution in [1.82, 2.24) is 0 Å². The lowest BCUT2D eigenvalue weighted by Crippen LogP contribution is -2.04. The summed E-state index contributed by atoms with van der Waals surface area (Å²) in [6, 6.07) is 0. The summed E-state index contributed by atoms with van der Waals surface area (Å²) in [6.07, 6.45) is 15.5. The largest absolute Gasteiger partial charge is 0.488 e. The quantitative estimate of drug-likeness (QED) is 0.683. The highest BCUT2D eigenvalue weighted by molar-refractivity contribution is 5.74. The maximum atomic E-state index is 10.9. The van der Waals surface area contributed by atoms with E-state index in [1.807, 2.05) is 12.2 Å². The van der Waals surface area contributed by atoms with Gasteiger partial charge < -0.3 is 9.47 Å². The van der Waals surface area contributed by atoms with Crippen LogP contribution in [0.1, 0.15) is 6.42 Å². The van der Waals surface area contributed by atoms with Crippen LogP contribution in [0.25, 0.3) is 0 Å². The first-order valence-electron chi connectivity index (χ1n) is 6.58. The Morgan fingerprint density at radius 3 is 2.90 bits per heavy atom. The molecule has 0 aromatic carbocycles. The molecule has 2 aliphatic carbocycles. The molecule has 0 saturated carbocycles. The monoisotopic (exact) mass is 264 g/mol. The summed E-state index contributed by atoms with van der Waals surface area (Å²) in [5.74, 6) is 2.01. The standard InChI is InChI=1S/C17H12O3/c18-10-13-7-6-11-3-1-5-14-15(17(11)20-13)9-12-4-2-8-19-16(12)14/h1-2,4-7,9-10H,3,8H2. The van der Waals surface area contributed by atoms with Crippen LogP contribution < -0.4 is 0 Å². The van der Waals surface area contributed by atoms with Crippen molar-refractivity contribution in [2.45, 2.75) is 6.42 Å². The second-order valence-corrected chi connectivity index (χ2v) is 4.89. The zero-order valence-electron chi connectivity index (χ0n) is 10.8. The first-order chi connectivity index (χ1) is 9.86. The Morgan fingerprint density at radius 1 is 1.05 bits per heavy atom. The Hall–Kier alpha value is -2.55. The number of carbonyl (C=O) groups excluding carboxylic acids is 1. The lowest BCUT2D eigenvalue weighted by Gasteiger charge is -2.17. The van der Waals surface area contributed by atoms with Crippen molar-refractivity contribution in [2.75, 3.05) is 6.61 Å². The lowest BCUT2D eigenvalue weighted by atomic mass is 10.0. The summed E-state index contributed by atoms with van der Waals surface area (Å²) in [5, 5.41) is 0. The molecule has 0 aromatic rings. The summed E-state index contributed by atoms with van der Waals surface area (Å²) in [4.78, 5) is 10.9. The molecule has 0 N–H and O–H groups in total. The second kappa shape index (κ2) is 4.23. The minimum atomic E-state index is 0.340. The van der Waals surface area contributed by atoms with Gasteiger partial charge in [0.25, 0.3) is 0 Å². The van der Waals surface area contributed by atoms with Crippen LogP contribution in [0.5, 0.6) is 0 Å². The number of hydrogen-bond donors (Lipinski definition) is 0. The molecule has 3 nitrogen and oxygen atoms in total. The maximum Gasteiger partial charge on any atom is 0.185 e. The highest BCUT2D eigenvalue weighted by atomic mass is 16.5. The molecule has 4 rings (SSSR count). The number of carbonyl (C=O) groups is 1. The van der Waals surface area contributed by atoms with Gasteiger partial charge >= 0.3 is 0 Å². The number of rotatable bonds is 1. The van der Waals surface area contributed by atoms with Crippen molar-refractivity contribution in [3.63, 3.8) is 0 Å². The van der Waals surface area contributed by atoms with Crippen LogP contribution in [0.4, 0.5) is 0 Å². The van der Waals surface area contributed by atoms with E-state index in [-0.39, 0.29) is 0 Å². The molecule has 0 radical (unpaired) electrons. The van der Waals surface area contributed by atoms with Crippen LogP contribution in [-0.2, 0) is 14.3 Å². The maximum absolute atomic E-state index is 10.9. The Bertz CT molecular complexity index is 721. The molecule has 2 aliphatic heterocycles. The number of fused-ring (bicyclic) bond motifs is 3. The van der Waals surface area contributed by atoms with Gasteiger partial charge in [0, 0.05) is 16.7 Å². The number of allylic oxidation sites excluding steroid dienone is 10. The van der Waals surface area contributed by atoms with Gasteiger partial charge in [-0.1, -0.05) is 24.3 Å². The number of ether oxygens (including phenoxy) is 2. The molecule has 0 fully saturated rings. The van der Waals surface area contributed by atoms with Crippen molar-refractivity contribution in [3.8, 4) is 0 Å². The van der Waals surface area contributed by atoms with E-state index >= 15 is 0 Å². The summed E-state index contributed by atoms with van der Waals surface area (Å²) in [7, 11) is 0. The molecule has 0 aromatic heterocycles. The lowest BCUT2D eigenvalue weighted by molar-refractivity contribution is -0.107. The minimum absolute atomic E-state index is 0.340. The topological polar surface area (TPSA) is 35.5 Å². The van der Waals surface area contributed by atoms with Gasteiger partial charge in [-0.3, -0.25) is 4.79 Å². The Morgan fingerprint density at radius 2 is 2.00 bits per heavy atom. The van der Waals surface area contributed by atoms with Gasteiger partial charge in [-0.2, -0.15) is 0 Å². The third kappa shape index (κ3) is 1.56. The SMILES string of the molecule is O=CC1=CC=C2CC=CC3=C4OCC=CC4=CC3=C2O1. The number of hydrogen-bond acceptors (Lipinski definition) is 3. The van der Waals surface area contributed by atoms with Crippen LogP contribution in [0.2, 0.25) is 0 Å². The van der Waals surface area contributed by atoms with Crippen LogP contribution >= 0.6 is 0 Å². The van der Waals surface area contributed by atoms with Gasteiger partial charge in [-0.15, -0.1) is 0 Å². The smallest absolute Gasteiger partial charge is 0.185 e. The van der Waals surface area contributed by atoms with Crippen LogP contribution in [0.15, 0.2) is 82.1 Å². The van der Waals surface area contributed by atoms with Gasteiger partial charge in [-0.05, 0) is 30.2 Å². The fourth-order valence-corrected chi connectivity index (χ4v) is 2.75. The van der Waals surface area contributed by atoms with E-state index in [0.717, 1.165) is 46.5 Å². The Balaban J connectivity index is 1.93. The van der Waals surface area contributed by atoms with Crippen molar-refractivity contribution in [3.05, 3.63) is 82.1 Å². The fourth-order valence-electron chi connectivity index (χ4n) is 2.75. The van der Waals surface area contributed by atoms with Crippen LogP contribution in [0, 0.1) is 0 Å². The molecule has 0 unspecified atom stereocenters. The van der Waals surface area contributed by atoms with E-state index in [1.54, 1.807) is 6.08 Å². The van der Waals surface area contributed by atoms with Gasteiger partial charge in [0.15, 0.2) is 12.0 Å². The first kappa shape index (κ1) is 11.3. The molecule has 98 valence electrons. The van der Waals surface area contributed by atoms with E-state index < -0.39 is 0 Å². The third-order valence-electron chi connectivity index (χ3n) is 3.66. The van der Waals surface area contributed by atoms with E-state index in [4.69, 9.17) is 9.47 Å². The zero-order valence-corrected chi connectivity index (χ0v) is 10.8. The Labute approximate surface area is 116 Å².